The summed E-state index contributed by atoms with van der Waals surface area (Å²) in [7, 11) is 1.56. The maximum absolute atomic E-state index is 12.0. The molecule has 6 nitrogen and oxygen atoms in total. The zero-order chi connectivity index (χ0) is 20.5. The Labute approximate surface area is 169 Å². The van der Waals surface area contributed by atoms with Crippen molar-refractivity contribution in [2.24, 2.45) is 0 Å². The summed E-state index contributed by atoms with van der Waals surface area (Å²) in [5.41, 5.74) is 7.88. The number of hydrogen-bond acceptors (Lipinski definition) is 5. The highest BCUT2D eigenvalue weighted by Crippen LogP contribution is 2.24. The second-order valence-electron chi connectivity index (χ2n) is 6.13. The van der Waals surface area contributed by atoms with Crippen LogP contribution in [-0.2, 0) is 17.0 Å². The zero-order valence-electron chi connectivity index (χ0n) is 16.2. The lowest BCUT2D eigenvalue weighted by Gasteiger charge is -2.10. The van der Waals surface area contributed by atoms with E-state index in [0.717, 1.165) is 17.5 Å². The average molecular weight is 401 g/mol. The van der Waals surface area contributed by atoms with E-state index in [1.54, 1.807) is 37.4 Å². The zero-order valence-corrected chi connectivity index (χ0v) is 17.0. The van der Waals surface area contributed by atoms with E-state index in [0.29, 0.717) is 22.6 Å². The molecule has 0 bridgehead atoms. The van der Waals surface area contributed by atoms with Crippen LogP contribution in [0.3, 0.4) is 0 Å². The van der Waals surface area contributed by atoms with Crippen molar-refractivity contribution < 1.29 is 19.1 Å². The van der Waals surface area contributed by atoms with Crippen LogP contribution in [0.1, 0.15) is 45.7 Å². The first-order chi connectivity index (χ1) is 13.4. The molecule has 28 heavy (non-hydrogen) atoms. The topological polar surface area (TPSA) is 84.5 Å². The smallest absolute Gasteiger partial charge is 0.269 e. The summed E-state index contributed by atoms with van der Waals surface area (Å²) >= 11 is 1.36. The molecular formula is C21H24N2O4S. The van der Waals surface area contributed by atoms with E-state index in [4.69, 9.17) is 4.74 Å². The Morgan fingerprint density at radius 1 is 1.00 bits per heavy atom. The van der Waals surface area contributed by atoms with Crippen LogP contribution < -0.4 is 15.6 Å². The minimum Gasteiger partial charge on any atom is -0.496 e. The van der Waals surface area contributed by atoms with Crippen LogP contribution in [0.4, 0.5) is 0 Å². The Kier molecular flexibility index (Phi) is 8.07. The number of benzene rings is 2. The molecule has 148 valence electrons. The van der Waals surface area contributed by atoms with Crippen LogP contribution in [0.25, 0.3) is 0 Å². The molecule has 0 saturated carbocycles. The lowest BCUT2D eigenvalue weighted by atomic mass is 10.1. The number of Topliss-reactive ketones (excluding diaryl/α,β-unsaturated/α-hetero) is 1. The number of nitrogens with one attached hydrogen (secondary N) is 2. The van der Waals surface area contributed by atoms with E-state index in [2.05, 4.69) is 10.9 Å². The van der Waals surface area contributed by atoms with Crippen LogP contribution in [0.2, 0.25) is 0 Å². The first kappa shape index (κ1) is 21.5. The molecule has 0 spiro atoms. The van der Waals surface area contributed by atoms with E-state index >= 15 is 0 Å². The second kappa shape index (κ2) is 10.5. The number of methoxy groups -OCH3 is 1. The number of ether oxygens (including phenoxy) is 1. The molecule has 0 atom stereocenters. The molecule has 2 aromatic rings. The second-order valence-corrected chi connectivity index (χ2v) is 7.11. The van der Waals surface area contributed by atoms with Gasteiger partial charge in [0.15, 0.2) is 5.78 Å². The van der Waals surface area contributed by atoms with Gasteiger partial charge in [0, 0.05) is 22.4 Å². The van der Waals surface area contributed by atoms with E-state index in [9.17, 15) is 14.4 Å². The van der Waals surface area contributed by atoms with Gasteiger partial charge in [-0.25, -0.2) is 0 Å². The fraction of sp³-hybridized carbons (Fsp3) is 0.286. The number of hydrogen-bond donors (Lipinski definition) is 2. The minimum absolute atomic E-state index is 0.0265. The Balaban J connectivity index is 1.81. The standard InChI is InChI=1S/C21H24N2O4S/c1-4-15-5-7-16(8-6-15)21(26)23-22-20(25)13-28-12-18-11-17(14(2)24)9-10-19(18)27-3/h5-11H,4,12-13H2,1-3H3,(H,22,25)(H,23,26). The quantitative estimate of drug-likeness (QED) is 0.525. The van der Waals surface area contributed by atoms with Crippen molar-refractivity contribution in [2.75, 3.05) is 12.9 Å². The van der Waals surface area contributed by atoms with Gasteiger partial charge in [0.05, 0.1) is 12.9 Å². The molecule has 0 heterocycles. The molecule has 0 radical (unpaired) electrons. The van der Waals surface area contributed by atoms with E-state index in [-0.39, 0.29) is 23.4 Å². The van der Waals surface area contributed by atoms with Crippen molar-refractivity contribution in [3.63, 3.8) is 0 Å². The SMILES string of the molecule is CCc1ccc(C(=O)NNC(=O)CSCc2cc(C(C)=O)ccc2OC)cc1. The van der Waals surface area contributed by atoms with Gasteiger partial charge in [-0.3, -0.25) is 25.2 Å². The summed E-state index contributed by atoms with van der Waals surface area (Å²) < 4.78 is 5.30. The Morgan fingerprint density at radius 2 is 1.68 bits per heavy atom. The number of amides is 2. The van der Waals surface area contributed by atoms with Crippen molar-refractivity contribution in [2.45, 2.75) is 26.0 Å². The van der Waals surface area contributed by atoms with Gasteiger partial charge in [-0.2, -0.15) is 0 Å². The van der Waals surface area contributed by atoms with Crippen LogP contribution >= 0.6 is 11.8 Å². The molecule has 0 aliphatic rings. The molecule has 2 rings (SSSR count). The van der Waals surface area contributed by atoms with Gasteiger partial charge in [0.25, 0.3) is 5.91 Å². The first-order valence-electron chi connectivity index (χ1n) is 8.88. The van der Waals surface area contributed by atoms with Crippen LogP contribution in [0.5, 0.6) is 5.75 Å². The van der Waals surface area contributed by atoms with Crippen molar-refractivity contribution in [1.82, 2.24) is 10.9 Å². The molecule has 7 heteroatoms. The van der Waals surface area contributed by atoms with Crippen LogP contribution in [0, 0.1) is 0 Å². The predicted molar refractivity (Wildman–Crippen MR) is 111 cm³/mol. The number of carbonyl (C=O) groups excluding carboxylic acids is 3. The molecule has 0 aliphatic carbocycles. The summed E-state index contributed by atoms with van der Waals surface area (Å²) in [6.45, 7) is 3.55. The van der Waals surface area contributed by atoms with Crippen molar-refractivity contribution in [3.8, 4) is 5.75 Å². The van der Waals surface area contributed by atoms with Gasteiger partial charge >= 0.3 is 0 Å². The van der Waals surface area contributed by atoms with E-state index in [1.165, 1.54) is 18.7 Å². The van der Waals surface area contributed by atoms with Gasteiger partial charge in [0.2, 0.25) is 5.91 Å². The number of thioether (sulfide) groups is 1. The molecule has 0 unspecified atom stereocenters. The lowest BCUT2D eigenvalue weighted by molar-refractivity contribution is -0.119. The lowest BCUT2D eigenvalue weighted by Crippen LogP contribution is -2.42. The number of aryl methyl sites for hydroxylation is 1. The number of rotatable bonds is 8. The molecule has 0 fully saturated rings. The molecular weight excluding hydrogens is 376 g/mol. The first-order valence-corrected chi connectivity index (χ1v) is 10.0. The van der Waals surface area contributed by atoms with Crippen molar-refractivity contribution in [1.29, 1.82) is 0 Å². The predicted octanol–water partition coefficient (Wildman–Crippen LogP) is 3.15. The van der Waals surface area contributed by atoms with E-state index in [1.807, 2.05) is 19.1 Å². The highest BCUT2D eigenvalue weighted by molar-refractivity contribution is 7.99. The number of hydrazine groups is 1. The summed E-state index contributed by atoms with van der Waals surface area (Å²) in [4.78, 5) is 35.5. The number of carbonyl (C=O) groups is 3. The molecule has 0 saturated heterocycles. The van der Waals surface area contributed by atoms with Crippen LogP contribution in [-0.4, -0.2) is 30.5 Å². The van der Waals surface area contributed by atoms with Gasteiger partial charge in [0.1, 0.15) is 5.75 Å². The van der Waals surface area contributed by atoms with Gasteiger partial charge in [-0.15, -0.1) is 11.8 Å². The normalized spacial score (nSPS) is 10.2. The number of ketones is 1. The monoisotopic (exact) mass is 400 g/mol. The Bertz CT molecular complexity index is 850. The highest BCUT2D eigenvalue weighted by Gasteiger charge is 2.10. The van der Waals surface area contributed by atoms with E-state index < -0.39 is 0 Å². The summed E-state index contributed by atoms with van der Waals surface area (Å²) in [5.74, 6) is 0.622. The molecule has 2 amide bonds. The highest BCUT2D eigenvalue weighted by atomic mass is 32.2. The average Bonchev–Trinajstić information content (AvgIpc) is 2.71. The Morgan fingerprint density at radius 3 is 2.29 bits per heavy atom. The van der Waals surface area contributed by atoms with Crippen LogP contribution in [0.15, 0.2) is 42.5 Å². The maximum atomic E-state index is 12.0. The Hall–Kier alpha value is -2.80. The largest absolute Gasteiger partial charge is 0.496 e. The molecule has 0 aliphatic heterocycles. The van der Waals surface area contributed by atoms with Crippen molar-refractivity contribution in [3.05, 3.63) is 64.7 Å². The third kappa shape index (κ3) is 6.13. The van der Waals surface area contributed by atoms with Gasteiger partial charge in [-0.05, 0) is 49.2 Å². The summed E-state index contributed by atoms with van der Waals surface area (Å²) in [6.07, 6.45) is 0.899. The molecule has 2 N–H and O–H groups in total. The maximum Gasteiger partial charge on any atom is 0.269 e. The van der Waals surface area contributed by atoms with Gasteiger partial charge in [-0.1, -0.05) is 19.1 Å². The third-order valence-corrected chi connectivity index (χ3v) is 5.10. The third-order valence-electron chi connectivity index (χ3n) is 4.12. The summed E-state index contributed by atoms with van der Waals surface area (Å²) in [6, 6.07) is 12.5. The minimum atomic E-state index is -0.364. The molecule has 2 aromatic carbocycles. The van der Waals surface area contributed by atoms with Gasteiger partial charge < -0.3 is 4.74 Å². The fourth-order valence-corrected chi connectivity index (χ4v) is 3.30. The summed E-state index contributed by atoms with van der Waals surface area (Å²) in [5, 5.41) is 0. The van der Waals surface area contributed by atoms with Crippen molar-refractivity contribution >= 4 is 29.4 Å². The molecule has 0 aromatic heterocycles. The fourth-order valence-electron chi connectivity index (χ4n) is 2.49.